The van der Waals surface area contributed by atoms with E-state index in [1.54, 1.807) is 18.2 Å². The SMILES string of the molecule is CC(C)n1ccc2c(-c3cn([C@H]4C[C@H](CNc5ccc6c(c5)C(=O)N(C5CCC(=O)NC5=O)C6=O)C4)nc3C3CC3)nccc21. The maximum absolute atomic E-state index is 13.2. The van der Waals surface area contributed by atoms with E-state index in [1.807, 2.05) is 6.20 Å². The normalized spacial score (nSPS) is 23.1. The van der Waals surface area contributed by atoms with Crippen molar-refractivity contribution >= 4 is 40.2 Å². The molecule has 1 atom stereocenters. The third-order valence-electron chi connectivity index (χ3n) is 9.80. The smallest absolute Gasteiger partial charge is 0.262 e. The van der Waals surface area contributed by atoms with Crippen molar-refractivity contribution in [3.05, 3.63) is 65.7 Å². The summed E-state index contributed by atoms with van der Waals surface area (Å²) in [6.45, 7) is 5.12. The quantitative estimate of drug-likeness (QED) is 0.275. The number of piperidine rings is 1. The van der Waals surface area contributed by atoms with Crippen LogP contribution in [0.25, 0.3) is 22.2 Å². The maximum Gasteiger partial charge on any atom is 0.262 e. The van der Waals surface area contributed by atoms with Crippen LogP contribution in [0.3, 0.4) is 0 Å². The third kappa shape index (κ3) is 4.63. The molecule has 2 aliphatic heterocycles. The standard InChI is InChI=1S/C34H35N7O4/c1-18(2)39-12-10-24-27(39)9-11-35-31(24)26-17-40(38-30(26)20-3-4-20)22-13-19(14-22)16-36-21-5-6-23-25(15-21)34(45)41(33(23)44)28-7-8-29(42)37-32(28)43/h5-6,9-12,15,17-20,22,28,36H,3-4,7-8,13-14,16H2,1-2H3,(H,37,42,43)/t19-,22-,28?. The van der Waals surface area contributed by atoms with Crippen LogP contribution < -0.4 is 10.6 Å². The van der Waals surface area contributed by atoms with Crippen molar-refractivity contribution in [2.45, 2.75) is 76.4 Å². The Balaban J connectivity index is 0.939. The van der Waals surface area contributed by atoms with Crippen LogP contribution in [0, 0.1) is 5.92 Å². The van der Waals surface area contributed by atoms with Gasteiger partial charge in [0.05, 0.1) is 34.1 Å². The molecule has 45 heavy (non-hydrogen) atoms. The molecule has 1 saturated heterocycles. The van der Waals surface area contributed by atoms with Crippen molar-refractivity contribution in [3.8, 4) is 11.3 Å². The molecule has 2 aliphatic carbocycles. The second kappa shape index (κ2) is 10.4. The molecule has 11 nitrogen and oxygen atoms in total. The van der Waals surface area contributed by atoms with Gasteiger partial charge in [0.15, 0.2) is 0 Å². The van der Waals surface area contributed by atoms with Gasteiger partial charge in [0.1, 0.15) is 6.04 Å². The van der Waals surface area contributed by atoms with Gasteiger partial charge in [0.2, 0.25) is 11.8 Å². The van der Waals surface area contributed by atoms with Gasteiger partial charge in [-0.05, 0) is 82.2 Å². The summed E-state index contributed by atoms with van der Waals surface area (Å²) in [5.74, 6) is -1.04. The second-order valence-corrected chi connectivity index (χ2v) is 13.2. The minimum Gasteiger partial charge on any atom is -0.385 e. The molecule has 8 rings (SSSR count). The number of nitrogens with zero attached hydrogens (tertiary/aromatic N) is 5. The molecule has 3 aromatic heterocycles. The molecule has 2 saturated carbocycles. The Morgan fingerprint density at radius 1 is 0.978 bits per heavy atom. The second-order valence-electron chi connectivity index (χ2n) is 13.2. The van der Waals surface area contributed by atoms with Gasteiger partial charge in [-0.2, -0.15) is 5.10 Å². The average Bonchev–Trinajstić information content (AvgIpc) is 3.51. The Morgan fingerprint density at radius 2 is 1.78 bits per heavy atom. The van der Waals surface area contributed by atoms with Crippen LogP contribution in [-0.4, -0.2) is 60.4 Å². The number of hydrogen-bond donors (Lipinski definition) is 2. The molecule has 1 aromatic carbocycles. The van der Waals surface area contributed by atoms with Gasteiger partial charge in [-0.3, -0.25) is 39.1 Å². The van der Waals surface area contributed by atoms with Crippen LogP contribution in [0.4, 0.5) is 5.69 Å². The monoisotopic (exact) mass is 605 g/mol. The van der Waals surface area contributed by atoms with Crippen LogP contribution in [0.5, 0.6) is 0 Å². The molecular formula is C34H35N7O4. The first-order chi connectivity index (χ1) is 21.8. The summed E-state index contributed by atoms with van der Waals surface area (Å²) in [7, 11) is 0. The fourth-order valence-corrected chi connectivity index (χ4v) is 7.11. The van der Waals surface area contributed by atoms with E-state index in [1.165, 1.54) is 18.4 Å². The van der Waals surface area contributed by atoms with Gasteiger partial charge in [0, 0.05) is 60.2 Å². The lowest BCUT2D eigenvalue weighted by atomic mass is 9.80. The van der Waals surface area contributed by atoms with E-state index >= 15 is 0 Å². The molecule has 0 bridgehead atoms. The van der Waals surface area contributed by atoms with Crippen molar-refractivity contribution in [2.75, 3.05) is 11.9 Å². The van der Waals surface area contributed by atoms with Crippen LogP contribution in [0.1, 0.15) is 96.8 Å². The highest BCUT2D eigenvalue weighted by molar-refractivity contribution is 6.23. The molecule has 4 amide bonds. The molecule has 2 N–H and O–H groups in total. The van der Waals surface area contributed by atoms with Crippen LogP contribution >= 0.6 is 0 Å². The number of anilines is 1. The molecule has 0 radical (unpaired) electrons. The van der Waals surface area contributed by atoms with Gasteiger partial charge in [-0.15, -0.1) is 0 Å². The summed E-state index contributed by atoms with van der Waals surface area (Å²) in [6, 6.07) is 9.13. The number of carbonyl (C=O) groups is 4. The number of aromatic nitrogens is 4. The first-order valence-electron chi connectivity index (χ1n) is 15.9. The van der Waals surface area contributed by atoms with Crippen molar-refractivity contribution in [1.82, 2.24) is 29.5 Å². The highest BCUT2D eigenvalue weighted by atomic mass is 16.2. The van der Waals surface area contributed by atoms with E-state index in [0.717, 1.165) is 52.3 Å². The number of imide groups is 2. The van der Waals surface area contributed by atoms with Crippen molar-refractivity contribution in [3.63, 3.8) is 0 Å². The summed E-state index contributed by atoms with van der Waals surface area (Å²) in [5.41, 5.74) is 5.84. The predicted octanol–water partition coefficient (Wildman–Crippen LogP) is 4.82. The number of rotatable bonds is 8. The minimum absolute atomic E-state index is 0.0975. The summed E-state index contributed by atoms with van der Waals surface area (Å²) in [6.07, 6.45) is 10.8. The molecule has 0 spiro atoms. The summed E-state index contributed by atoms with van der Waals surface area (Å²) in [4.78, 5) is 55.9. The molecule has 5 heterocycles. The molecule has 3 fully saturated rings. The zero-order valence-electron chi connectivity index (χ0n) is 25.3. The number of fused-ring (bicyclic) bond motifs is 2. The number of pyridine rings is 1. The molecule has 4 aliphatic rings. The van der Waals surface area contributed by atoms with Gasteiger partial charge < -0.3 is 9.88 Å². The van der Waals surface area contributed by atoms with Crippen LogP contribution in [-0.2, 0) is 9.59 Å². The Morgan fingerprint density at radius 3 is 2.53 bits per heavy atom. The zero-order chi connectivity index (χ0) is 31.0. The van der Waals surface area contributed by atoms with E-state index in [-0.39, 0.29) is 29.9 Å². The summed E-state index contributed by atoms with van der Waals surface area (Å²) >= 11 is 0. The molecule has 1 unspecified atom stereocenters. The Bertz CT molecular complexity index is 1900. The Hall–Kier alpha value is -4.80. The lowest BCUT2D eigenvalue weighted by Crippen LogP contribution is -2.54. The highest BCUT2D eigenvalue weighted by Gasteiger charge is 2.44. The lowest BCUT2D eigenvalue weighted by molar-refractivity contribution is -0.136. The van der Waals surface area contributed by atoms with Crippen molar-refractivity contribution < 1.29 is 19.2 Å². The van der Waals surface area contributed by atoms with Crippen LogP contribution in [0.15, 0.2) is 48.9 Å². The third-order valence-corrected chi connectivity index (χ3v) is 9.80. The summed E-state index contributed by atoms with van der Waals surface area (Å²) in [5, 5.41) is 12.0. The van der Waals surface area contributed by atoms with Gasteiger partial charge >= 0.3 is 0 Å². The fourth-order valence-electron chi connectivity index (χ4n) is 7.11. The Labute approximate surface area is 260 Å². The van der Waals surface area contributed by atoms with Gasteiger partial charge in [-0.1, -0.05) is 0 Å². The van der Waals surface area contributed by atoms with Gasteiger partial charge in [0.25, 0.3) is 11.8 Å². The molecule has 4 aromatic rings. The van der Waals surface area contributed by atoms with E-state index < -0.39 is 23.8 Å². The first kappa shape index (κ1) is 27.7. The minimum atomic E-state index is -0.966. The number of benzene rings is 1. The van der Waals surface area contributed by atoms with E-state index in [4.69, 9.17) is 10.1 Å². The van der Waals surface area contributed by atoms with Crippen molar-refractivity contribution in [2.24, 2.45) is 5.92 Å². The van der Waals surface area contributed by atoms with E-state index in [9.17, 15) is 19.2 Å². The number of nitrogens with one attached hydrogen (secondary N) is 2. The predicted molar refractivity (Wildman–Crippen MR) is 167 cm³/mol. The van der Waals surface area contributed by atoms with E-state index in [0.29, 0.717) is 23.9 Å². The largest absolute Gasteiger partial charge is 0.385 e. The number of amides is 4. The summed E-state index contributed by atoms with van der Waals surface area (Å²) < 4.78 is 4.44. The number of hydrogen-bond acceptors (Lipinski definition) is 7. The van der Waals surface area contributed by atoms with E-state index in [2.05, 4.69) is 58.3 Å². The first-order valence-corrected chi connectivity index (χ1v) is 15.9. The lowest BCUT2D eigenvalue weighted by Gasteiger charge is -2.35. The Kier molecular flexibility index (Phi) is 6.40. The fraction of sp³-hybridized carbons (Fsp3) is 0.412. The van der Waals surface area contributed by atoms with Crippen molar-refractivity contribution in [1.29, 1.82) is 0 Å². The highest BCUT2D eigenvalue weighted by Crippen LogP contribution is 2.46. The molecule has 230 valence electrons. The van der Waals surface area contributed by atoms with Crippen LogP contribution in [0.2, 0.25) is 0 Å². The molecule has 11 heteroatoms. The number of carbonyl (C=O) groups excluding carboxylic acids is 4. The maximum atomic E-state index is 13.2. The van der Waals surface area contributed by atoms with Gasteiger partial charge in [-0.25, -0.2) is 0 Å². The average molecular weight is 606 g/mol. The topological polar surface area (TPSA) is 131 Å². The molecular weight excluding hydrogens is 570 g/mol. The zero-order valence-corrected chi connectivity index (χ0v) is 25.3.